The Kier molecular flexibility index (Phi) is 7.72. The van der Waals surface area contributed by atoms with Crippen LogP contribution in [0.1, 0.15) is 26.5 Å². The Bertz CT molecular complexity index is 394. The summed E-state index contributed by atoms with van der Waals surface area (Å²) in [5.41, 5.74) is 1.10. The summed E-state index contributed by atoms with van der Waals surface area (Å²) in [6.07, 6.45) is 1.80. The van der Waals surface area contributed by atoms with E-state index < -0.39 is 0 Å². The van der Waals surface area contributed by atoms with Crippen molar-refractivity contribution in [2.45, 2.75) is 27.3 Å². The van der Waals surface area contributed by atoms with Crippen LogP contribution in [0, 0.1) is 0 Å². The number of aryl methyl sites for hydroxylation is 1. The highest BCUT2D eigenvalue weighted by molar-refractivity contribution is 5.79. The smallest absolute Gasteiger partial charge is 0.191 e. The molecule has 6 heteroatoms. The molecule has 0 spiro atoms. The largest absolute Gasteiger partial charge is 0.357 e. The van der Waals surface area contributed by atoms with Gasteiger partial charge in [-0.25, -0.2) is 4.99 Å². The predicted octanol–water partition coefficient (Wildman–Crippen LogP) is 0.817. The topological polar surface area (TPSA) is 57.5 Å². The van der Waals surface area contributed by atoms with Gasteiger partial charge in [0.2, 0.25) is 0 Å². The third kappa shape index (κ3) is 5.61. The molecule has 0 unspecified atom stereocenters. The van der Waals surface area contributed by atoms with Crippen molar-refractivity contribution < 1.29 is 0 Å². The van der Waals surface area contributed by atoms with E-state index in [1.165, 1.54) is 0 Å². The van der Waals surface area contributed by atoms with E-state index >= 15 is 0 Å². The molecular weight excluding hydrogens is 252 g/mol. The van der Waals surface area contributed by atoms with Gasteiger partial charge in [-0.05, 0) is 26.1 Å². The predicted molar refractivity (Wildman–Crippen MR) is 83.8 cm³/mol. The fraction of sp³-hybridized carbons (Fsp3) is 0.714. The number of likely N-dealkylation sites (N-methyl/N-ethyl adjacent to an activating group) is 1. The van der Waals surface area contributed by atoms with Crippen molar-refractivity contribution in [3.05, 3.63) is 18.0 Å². The van der Waals surface area contributed by atoms with E-state index in [4.69, 9.17) is 0 Å². The lowest BCUT2D eigenvalue weighted by atomic mass is 10.4. The monoisotopic (exact) mass is 280 g/mol. The maximum atomic E-state index is 4.58. The maximum absolute atomic E-state index is 4.58. The SMILES string of the molecule is CCNC(=NCc1ccnn1C)NCCN(CC)CC. The van der Waals surface area contributed by atoms with E-state index in [9.17, 15) is 0 Å². The first kappa shape index (κ1) is 16.5. The van der Waals surface area contributed by atoms with Crippen molar-refractivity contribution in [1.82, 2.24) is 25.3 Å². The quantitative estimate of drug-likeness (QED) is 0.547. The Balaban J connectivity index is 2.45. The lowest BCUT2D eigenvalue weighted by Crippen LogP contribution is -2.41. The summed E-state index contributed by atoms with van der Waals surface area (Å²) < 4.78 is 1.85. The first-order valence-corrected chi connectivity index (χ1v) is 7.42. The average Bonchev–Trinajstić information content (AvgIpc) is 2.86. The second-order valence-corrected chi connectivity index (χ2v) is 4.59. The van der Waals surface area contributed by atoms with Gasteiger partial charge in [0.1, 0.15) is 0 Å². The molecule has 0 saturated carbocycles. The Morgan fingerprint density at radius 3 is 2.60 bits per heavy atom. The molecule has 0 atom stereocenters. The van der Waals surface area contributed by atoms with Crippen LogP contribution in [0.3, 0.4) is 0 Å². The Labute approximate surface area is 122 Å². The summed E-state index contributed by atoms with van der Waals surface area (Å²) in [5.74, 6) is 0.862. The molecule has 0 radical (unpaired) electrons. The van der Waals surface area contributed by atoms with Gasteiger partial charge >= 0.3 is 0 Å². The zero-order valence-corrected chi connectivity index (χ0v) is 13.2. The number of nitrogens with zero attached hydrogens (tertiary/aromatic N) is 4. The highest BCUT2D eigenvalue weighted by atomic mass is 15.3. The van der Waals surface area contributed by atoms with Gasteiger partial charge in [0.05, 0.1) is 12.2 Å². The van der Waals surface area contributed by atoms with E-state index in [1.807, 2.05) is 17.8 Å². The molecule has 1 aromatic heterocycles. The van der Waals surface area contributed by atoms with Crippen molar-refractivity contribution in [1.29, 1.82) is 0 Å². The zero-order chi connectivity index (χ0) is 14.8. The van der Waals surface area contributed by atoms with Crippen LogP contribution in [0.4, 0.5) is 0 Å². The molecule has 0 aliphatic carbocycles. The van der Waals surface area contributed by atoms with E-state index in [0.717, 1.165) is 44.4 Å². The van der Waals surface area contributed by atoms with Gasteiger partial charge in [0.15, 0.2) is 5.96 Å². The Morgan fingerprint density at radius 2 is 2.05 bits per heavy atom. The minimum atomic E-state index is 0.636. The van der Waals surface area contributed by atoms with Crippen molar-refractivity contribution in [2.24, 2.45) is 12.0 Å². The van der Waals surface area contributed by atoms with E-state index in [0.29, 0.717) is 6.54 Å². The average molecular weight is 280 g/mol. The van der Waals surface area contributed by atoms with Gasteiger partial charge in [0, 0.05) is 32.9 Å². The number of guanidine groups is 1. The fourth-order valence-corrected chi connectivity index (χ4v) is 1.93. The summed E-state index contributed by atoms with van der Waals surface area (Å²) in [7, 11) is 1.94. The molecule has 1 heterocycles. The molecule has 1 aromatic rings. The molecule has 0 bridgehead atoms. The second kappa shape index (κ2) is 9.36. The molecule has 0 aliphatic heterocycles. The van der Waals surface area contributed by atoms with Crippen molar-refractivity contribution in [3.8, 4) is 0 Å². The van der Waals surface area contributed by atoms with Crippen LogP contribution in [-0.2, 0) is 13.6 Å². The lowest BCUT2D eigenvalue weighted by Gasteiger charge is -2.19. The second-order valence-electron chi connectivity index (χ2n) is 4.59. The molecule has 0 amide bonds. The molecule has 114 valence electrons. The molecular formula is C14H28N6. The molecule has 0 aromatic carbocycles. The van der Waals surface area contributed by atoms with Gasteiger partial charge in [-0.3, -0.25) is 4.68 Å². The molecule has 0 aliphatic rings. The fourth-order valence-electron chi connectivity index (χ4n) is 1.93. The van der Waals surface area contributed by atoms with Crippen LogP contribution in [0.25, 0.3) is 0 Å². The van der Waals surface area contributed by atoms with Crippen LogP contribution in [0.5, 0.6) is 0 Å². The number of hydrogen-bond acceptors (Lipinski definition) is 3. The number of nitrogens with one attached hydrogen (secondary N) is 2. The van der Waals surface area contributed by atoms with Crippen LogP contribution >= 0.6 is 0 Å². The summed E-state index contributed by atoms with van der Waals surface area (Å²) in [5, 5.41) is 10.8. The van der Waals surface area contributed by atoms with Gasteiger partial charge < -0.3 is 15.5 Å². The standard InChI is InChI=1S/C14H28N6/c1-5-15-14(16-10-11-20(6-2)7-3)17-12-13-8-9-18-19(13)4/h8-9H,5-7,10-12H2,1-4H3,(H2,15,16,17). The van der Waals surface area contributed by atoms with E-state index in [-0.39, 0.29) is 0 Å². The first-order valence-electron chi connectivity index (χ1n) is 7.42. The highest BCUT2D eigenvalue weighted by Crippen LogP contribution is 1.97. The molecule has 0 fully saturated rings. The zero-order valence-electron chi connectivity index (χ0n) is 13.2. The van der Waals surface area contributed by atoms with Crippen molar-refractivity contribution in [3.63, 3.8) is 0 Å². The summed E-state index contributed by atoms with van der Waals surface area (Å²) in [6.45, 7) is 12.0. The summed E-state index contributed by atoms with van der Waals surface area (Å²) in [6, 6.07) is 1.99. The van der Waals surface area contributed by atoms with Crippen LogP contribution < -0.4 is 10.6 Å². The normalized spacial score (nSPS) is 11.9. The minimum absolute atomic E-state index is 0.636. The van der Waals surface area contributed by atoms with Crippen molar-refractivity contribution >= 4 is 5.96 Å². The molecule has 0 saturated heterocycles. The van der Waals surface area contributed by atoms with Gasteiger partial charge in [-0.15, -0.1) is 0 Å². The summed E-state index contributed by atoms with van der Waals surface area (Å²) >= 11 is 0. The third-order valence-electron chi connectivity index (χ3n) is 3.28. The van der Waals surface area contributed by atoms with Crippen LogP contribution in [0.15, 0.2) is 17.3 Å². The Hall–Kier alpha value is -1.56. The lowest BCUT2D eigenvalue weighted by molar-refractivity contribution is 0.308. The molecule has 2 N–H and O–H groups in total. The first-order chi connectivity index (χ1) is 9.71. The summed E-state index contributed by atoms with van der Waals surface area (Å²) in [4.78, 5) is 6.97. The molecule has 20 heavy (non-hydrogen) atoms. The number of hydrogen-bond donors (Lipinski definition) is 2. The number of rotatable bonds is 8. The molecule has 6 nitrogen and oxygen atoms in total. The van der Waals surface area contributed by atoms with Gasteiger partial charge in [0.25, 0.3) is 0 Å². The van der Waals surface area contributed by atoms with Gasteiger partial charge in [-0.1, -0.05) is 13.8 Å². The van der Waals surface area contributed by atoms with Crippen LogP contribution in [0.2, 0.25) is 0 Å². The highest BCUT2D eigenvalue weighted by Gasteiger charge is 2.02. The van der Waals surface area contributed by atoms with Gasteiger partial charge in [-0.2, -0.15) is 5.10 Å². The number of aromatic nitrogens is 2. The maximum Gasteiger partial charge on any atom is 0.191 e. The number of aliphatic imine (C=N–C) groups is 1. The third-order valence-corrected chi connectivity index (χ3v) is 3.28. The van der Waals surface area contributed by atoms with E-state index in [1.54, 1.807) is 6.20 Å². The van der Waals surface area contributed by atoms with Crippen LogP contribution in [-0.4, -0.2) is 53.4 Å². The Morgan fingerprint density at radius 1 is 1.30 bits per heavy atom. The van der Waals surface area contributed by atoms with Crippen molar-refractivity contribution in [2.75, 3.05) is 32.7 Å². The van der Waals surface area contributed by atoms with E-state index in [2.05, 4.69) is 46.4 Å². The minimum Gasteiger partial charge on any atom is -0.357 e. The molecule has 1 rings (SSSR count).